The molecule has 0 amide bonds. The average Bonchev–Trinajstić information content (AvgIpc) is 2.17. The molecule has 78 valence electrons. The van der Waals surface area contributed by atoms with Crippen LogP contribution in [0.4, 0.5) is 5.69 Å². The van der Waals surface area contributed by atoms with E-state index in [1.165, 1.54) is 11.3 Å². The topological polar surface area (TPSA) is 29.3 Å². The second kappa shape index (κ2) is 5.23. The van der Waals surface area contributed by atoms with Crippen LogP contribution in [0, 0.1) is 0 Å². The van der Waals surface area contributed by atoms with E-state index in [0.29, 0.717) is 6.54 Å². The molecule has 0 aromatic heterocycles. The Morgan fingerprint density at radius 3 is 2.71 bits per heavy atom. The molecular formula is C11H17ClN2. The van der Waals surface area contributed by atoms with Crippen LogP contribution in [0.1, 0.15) is 12.5 Å². The Balaban J connectivity index is 3.01. The van der Waals surface area contributed by atoms with Crippen molar-refractivity contribution >= 4 is 17.3 Å². The highest BCUT2D eigenvalue weighted by Crippen LogP contribution is 2.23. The smallest absolute Gasteiger partial charge is 0.0410 e. The van der Waals surface area contributed by atoms with E-state index in [1.54, 1.807) is 0 Å². The zero-order chi connectivity index (χ0) is 10.6. The van der Waals surface area contributed by atoms with E-state index in [4.69, 9.17) is 17.3 Å². The molecule has 0 heterocycles. The maximum absolute atomic E-state index is 5.94. The molecule has 0 bridgehead atoms. The fraction of sp³-hybridized carbons (Fsp3) is 0.455. The highest BCUT2D eigenvalue weighted by atomic mass is 35.5. The second-order valence-corrected chi connectivity index (χ2v) is 3.76. The molecule has 2 N–H and O–H groups in total. The molecule has 0 fully saturated rings. The van der Waals surface area contributed by atoms with Crippen molar-refractivity contribution in [2.75, 3.05) is 25.0 Å². The summed E-state index contributed by atoms with van der Waals surface area (Å²) < 4.78 is 0. The van der Waals surface area contributed by atoms with E-state index in [-0.39, 0.29) is 0 Å². The van der Waals surface area contributed by atoms with Gasteiger partial charge in [0.1, 0.15) is 0 Å². The molecule has 0 aliphatic heterocycles. The third kappa shape index (κ3) is 2.63. The molecule has 1 rings (SSSR count). The van der Waals surface area contributed by atoms with Crippen LogP contribution in [0.5, 0.6) is 0 Å². The van der Waals surface area contributed by atoms with Crippen LogP contribution in [-0.4, -0.2) is 20.1 Å². The number of anilines is 1. The first kappa shape index (κ1) is 11.3. The standard InChI is InChI=1S/C11H17ClN2/c1-3-14(2)11-5-4-10(12)8-9(11)6-7-13/h4-5,8H,3,6-7,13H2,1-2H3. The van der Waals surface area contributed by atoms with Gasteiger partial charge in [-0.25, -0.2) is 0 Å². The van der Waals surface area contributed by atoms with E-state index in [1.807, 2.05) is 12.1 Å². The van der Waals surface area contributed by atoms with Crippen molar-refractivity contribution in [1.82, 2.24) is 0 Å². The summed E-state index contributed by atoms with van der Waals surface area (Å²) >= 11 is 5.94. The van der Waals surface area contributed by atoms with Crippen molar-refractivity contribution in [2.45, 2.75) is 13.3 Å². The molecule has 0 saturated heterocycles. The molecule has 14 heavy (non-hydrogen) atoms. The molecule has 3 heteroatoms. The number of hydrogen-bond acceptors (Lipinski definition) is 2. The van der Waals surface area contributed by atoms with Gasteiger partial charge in [-0.1, -0.05) is 11.6 Å². The molecule has 1 aromatic carbocycles. The van der Waals surface area contributed by atoms with Gasteiger partial charge in [0.25, 0.3) is 0 Å². The van der Waals surface area contributed by atoms with Crippen LogP contribution in [0.15, 0.2) is 18.2 Å². The fourth-order valence-corrected chi connectivity index (χ4v) is 1.65. The van der Waals surface area contributed by atoms with Gasteiger partial charge in [0.2, 0.25) is 0 Å². The normalized spacial score (nSPS) is 10.3. The van der Waals surface area contributed by atoms with Crippen molar-refractivity contribution in [2.24, 2.45) is 5.73 Å². The first-order chi connectivity index (χ1) is 6.69. The third-order valence-corrected chi connectivity index (χ3v) is 2.58. The quantitative estimate of drug-likeness (QED) is 0.830. The van der Waals surface area contributed by atoms with Gasteiger partial charge in [-0.15, -0.1) is 0 Å². The summed E-state index contributed by atoms with van der Waals surface area (Å²) in [5, 5.41) is 0.779. The van der Waals surface area contributed by atoms with Crippen molar-refractivity contribution in [3.05, 3.63) is 28.8 Å². The van der Waals surface area contributed by atoms with E-state index < -0.39 is 0 Å². The predicted molar refractivity (Wildman–Crippen MR) is 63.2 cm³/mol. The summed E-state index contributed by atoms with van der Waals surface area (Å²) in [6, 6.07) is 5.97. The number of halogens is 1. The van der Waals surface area contributed by atoms with Gasteiger partial charge < -0.3 is 10.6 Å². The van der Waals surface area contributed by atoms with Gasteiger partial charge in [-0.2, -0.15) is 0 Å². The molecule has 1 aromatic rings. The molecular weight excluding hydrogens is 196 g/mol. The lowest BCUT2D eigenvalue weighted by Gasteiger charge is -2.20. The predicted octanol–water partition coefficient (Wildman–Crippen LogP) is 2.30. The largest absolute Gasteiger partial charge is 0.375 e. The Morgan fingerprint density at radius 1 is 1.43 bits per heavy atom. The molecule has 0 unspecified atom stereocenters. The minimum absolute atomic E-state index is 0.658. The molecule has 0 saturated carbocycles. The Labute approximate surface area is 90.7 Å². The maximum Gasteiger partial charge on any atom is 0.0410 e. The second-order valence-electron chi connectivity index (χ2n) is 3.33. The summed E-state index contributed by atoms with van der Waals surface area (Å²) in [7, 11) is 2.07. The van der Waals surface area contributed by atoms with Crippen molar-refractivity contribution in [1.29, 1.82) is 0 Å². The van der Waals surface area contributed by atoms with Gasteiger partial charge in [-0.3, -0.25) is 0 Å². The number of nitrogens with two attached hydrogens (primary N) is 1. The molecule has 0 aliphatic carbocycles. The third-order valence-electron chi connectivity index (χ3n) is 2.34. The first-order valence-corrected chi connectivity index (χ1v) is 5.26. The minimum atomic E-state index is 0.658. The molecule has 0 radical (unpaired) electrons. The average molecular weight is 213 g/mol. The van der Waals surface area contributed by atoms with Gasteiger partial charge in [0.05, 0.1) is 0 Å². The minimum Gasteiger partial charge on any atom is -0.375 e. The van der Waals surface area contributed by atoms with Gasteiger partial charge in [-0.05, 0) is 43.7 Å². The summed E-state index contributed by atoms with van der Waals surface area (Å²) in [6.45, 7) is 3.77. The van der Waals surface area contributed by atoms with E-state index in [9.17, 15) is 0 Å². The summed E-state index contributed by atoms with van der Waals surface area (Å²) in [6.07, 6.45) is 0.875. The van der Waals surface area contributed by atoms with Crippen molar-refractivity contribution in [3.63, 3.8) is 0 Å². The Bertz CT molecular complexity index is 299. The summed E-state index contributed by atoms with van der Waals surface area (Å²) in [4.78, 5) is 2.20. The van der Waals surface area contributed by atoms with E-state index in [2.05, 4.69) is 24.9 Å². The zero-order valence-electron chi connectivity index (χ0n) is 8.76. The van der Waals surface area contributed by atoms with E-state index in [0.717, 1.165) is 18.0 Å². The molecule has 0 spiro atoms. The van der Waals surface area contributed by atoms with Gasteiger partial charge in [0.15, 0.2) is 0 Å². The molecule has 0 aliphatic rings. The van der Waals surface area contributed by atoms with Crippen LogP contribution in [-0.2, 0) is 6.42 Å². The summed E-state index contributed by atoms with van der Waals surface area (Å²) in [5.41, 5.74) is 8.01. The highest BCUT2D eigenvalue weighted by molar-refractivity contribution is 6.30. The van der Waals surface area contributed by atoms with Crippen LogP contribution < -0.4 is 10.6 Å². The van der Waals surface area contributed by atoms with Gasteiger partial charge >= 0.3 is 0 Å². The Kier molecular flexibility index (Phi) is 4.23. The lowest BCUT2D eigenvalue weighted by atomic mass is 10.1. The summed E-state index contributed by atoms with van der Waals surface area (Å²) in [5.74, 6) is 0. The molecule has 0 atom stereocenters. The van der Waals surface area contributed by atoms with Gasteiger partial charge in [0, 0.05) is 24.3 Å². The van der Waals surface area contributed by atoms with E-state index >= 15 is 0 Å². The maximum atomic E-state index is 5.94. The lowest BCUT2D eigenvalue weighted by molar-refractivity contribution is 0.919. The van der Waals surface area contributed by atoms with Crippen molar-refractivity contribution in [3.8, 4) is 0 Å². The monoisotopic (exact) mass is 212 g/mol. The van der Waals surface area contributed by atoms with Crippen LogP contribution in [0.2, 0.25) is 5.02 Å². The SMILES string of the molecule is CCN(C)c1ccc(Cl)cc1CCN. The number of rotatable bonds is 4. The lowest BCUT2D eigenvalue weighted by Crippen LogP contribution is -2.18. The number of nitrogens with zero attached hydrogens (tertiary/aromatic N) is 1. The highest BCUT2D eigenvalue weighted by Gasteiger charge is 2.05. The Hall–Kier alpha value is -0.730. The first-order valence-electron chi connectivity index (χ1n) is 4.88. The van der Waals surface area contributed by atoms with Crippen LogP contribution in [0.25, 0.3) is 0 Å². The fourth-order valence-electron chi connectivity index (χ4n) is 1.45. The van der Waals surface area contributed by atoms with Crippen LogP contribution in [0.3, 0.4) is 0 Å². The number of hydrogen-bond donors (Lipinski definition) is 1. The zero-order valence-corrected chi connectivity index (χ0v) is 9.51. The molecule has 2 nitrogen and oxygen atoms in total. The Morgan fingerprint density at radius 2 is 2.14 bits per heavy atom. The van der Waals surface area contributed by atoms with Crippen LogP contribution >= 0.6 is 11.6 Å². The van der Waals surface area contributed by atoms with Crippen molar-refractivity contribution < 1.29 is 0 Å². The number of benzene rings is 1.